The number of nitrogens with one attached hydrogen (secondary N) is 2. The minimum absolute atomic E-state index is 0.535. The fraction of sp³-hybridized carbons (Fsp3) is 0.357. The Morgan fingerprint density at radius 1 is 1.15 bits per heavy atom. The Hall–Kier alpha value is -1.53. The molecular formula is C14H18N4S2. The lowest BCUT2D eigenvalue weighted by Gasteiger charge is -2.07. The number of para-hydroxylation sites is 1. The number of benzene rings is 1. The Labute approximate surface area is 128 Å². The molecule has 0 unspecified atom stereocenters. The summed E-state index contributed by atoms with van der Waals surface area (Å²) in [6, 6.07) is 9.81. The Kier molecular flexibility index (Phi) is 5.88. The van der Waals surface area contributed by atoms with E-state index >= 15 is 0 Å². The molecule has 1 aromatic heterocycles. The van der Waals surface area contributed by atoms with E-state index in [1.807, 2.05) is 30.3 Å². The van der Waals surface area contributed by atoms with Gasteiger partial charge in [0.2, 0.25) is 5.13 Å². The zero-order chi connectivity index (χ0) is 14.2. The number of hydrogen-bond acceptors (Lipinski definition) is 4. The number of aromatic nitrogens is 2. The Morgan fingerprint density at radius 2 is 1.95 bits per heavy atom. The van der Waals surface area contributed by atoms with E-state index in [9.17, 15) is 0 Å². The average molecular weight is 306 g/mol. The number of rotatable bonds is 6. The summed E-state index contributed by atoms with van der Waals surface area (Å²) in [4.78, 5) is 0. The summed E-state index contributed by atoms with van der Waals surface area (Å²) in [5.74, 6) is 0. The predicted molar refractivity (Wildman–Crippen MR) is 89.4 cm³/mol. The molecule has 2 aromatic rings. The van der Waals surface area contributed by atoms with Crippen molar-refractivity contribution in [2.24, 2.45) is 0 Å². The second kappa shape index (κ2) is 7.91. The molecule has 0 spiro atoms. The highest BCUT2D eigenvalue weighted by Crippen LogP contribution is 2.18. The highest BCUT2D eigenvalue weighted by atomic mass is 32.1. The van der Waals surface area contributed by atoms with E-state index in [1.165, 1.54) is 12.8 Å². The van der Waals surface area contributed by atoms with Gasteiger partial charge in [0.05, 0.1) is 0 Å². The Morgan fingerprint density at radius 3 is 2.70 bits per heavy atom. The van der Waals surface area contributed by atoms with Crippen LogP contribution in [0.2, 0.25) is 0 Å². The van der Waals surface area contributed by atoms with Gasteiger partial charge >= 0.3 is 0 Å². The Balaban J connectivity index is 1.82. The van der Waals surface area contributed by atoms with Crippen molar-refractivity contribution < 1.29 is 0 Å². The van der Waals surface area contributed by atoms with E-state index in [4.69, 9.17) is 12.2 Å². The third-order valence-electron chi connectivity index (χ3n) is 2.71. The van der Waals surface area contributed by atoms with Gasteiger partial charge in [-0.15, -0.1) is 10.2 Å². The lowest BCUT2D eigenvalue weighted by molar-refractivity contribution is 0.710. The molecule has 2 rings (SSSR count). The van der Waals surface area contributed by atoms with Crippen LogP contribution in [0.5, 0.6) is 0 Å². The molecule has 0 amide bonds. The monoisotopic (exact) mass is 306 g/mol. The summed E-state index contributed by atoms with van der Waals surface area (Å²) in [6.45, 7) is 2.20. The second-order valence-corrected chi connectivity index (χ2v) is 5.87. The zero-order valence-electron chi connectivity index (χ0n) is 11.4. The molecule has 0 aliphatic carbocycles. The largest absolute Gasteiger partial charge is 0.332 e. The molecule has 0 bridgehead atoms. The first kappa shape index (κ1) is 14.9. The van der Waals surface area contributed by atoms with Gasteiger partial charge in [0.1, 0.15) is 5.01 Å². The first-order chi connectivity index (χ1) is 9.78. The highest BCUT2D eigenvalue weighted by molar-refractivity contribution is 7.80. The maximum atomic E-state index is 5.25. The van der Waals surface area contributed by atoms with E-state index in [0.717, 1.165) is 28.7 Å². The average Bonchev–Trinajstić information content (AvgIpc) is 2.87. The van der Waals surface area contributed by atoms with Crippen molar-refractivity contribution in [3.63, 3.8) is 0 Å². The van der Waals surface area contributed by atoms with Gasteiger partial charge in [-0.3, -0.25) is 0 Å². The SMILES string of the molecule is CCCCCc1nnc(NC(=S)Nc2ccccc2)s1. The number of thiocarbonyl (C=S) groups is 1. The summed E-state index contributed by atoms with van der Waals surface area (Å²) in [6.07, 6.45) is 4.61. The molecule has 4 nitrogen and oxygen atoms in total. The van der Waals surface area contributed by atoms with Crippen molar-refractivity contribution in [3.8, 4) is 0 Å². The molecule has 0 radical (unpaired) electrons. The molecule has 6 heteroatoms. The van der Waals surface area contributed by atoms with Gasteiger partial charge in [-0.05, 0) is 30.8 Å². The summed E-state index contributed by atoms with van der Waals surface area (Å²) in [5, 5.41) is 16.8. The molecule has 0 fully saturated rings. The molecule has 0 saturated heterocycles. The van der Waals surface area contributed by atoms with Crippen LogP contribution in [0.1, 0.15) is 31.2 Å². The van der Waals surface area contributed by atoms with Crippen molar-refractivity contribution in [1.82, 2.24) is 10.2 Å². The number of anilines is 2. The van der Waals surface area contributed by atoms with Crippen molar-refractivity contribution in [3.05, 3.63) is 35.3 Å². The number of hydrogen-bond donors (Lipinski definition) is 2. The standard InChI is InChI=1S/C14H18N4S2/c1-2-3-5-10-12-17-18-14(20-12)16-13(19)15-11-8-6-4-7-9-11/h4,6-9H,2-3,5,10H2,1H3,(H2,15,16,18,19). The smallest absolute Gasteiger partial charge is 0.211 e. The molecule has 1 aromatic carbocycles. The van der Waals surface area contributed by atoms with E-state index in [-0.39, 0.29) is 0 Å². The van der Waals surface area contributed by atoms with Gasteiger partial charge in [0.15, 0.2) is 5.11 Å². The molecule has 0 aliphatic heterocycles. The van der Waals surface area contributed by atoms with Crippen molar-refractivity contribution in [2.45, 2.75) is 32.6 Å². The first-order valence-electron chi connectivity index (χ1n) is 6.73. The van der Waals surface area contributed by atoms with Crippen LogP contribution in [0, 0.1) is 0 Å². The van der Waals surface area contributed by atoms with Crippen LogP contribution in [-0.2, 0) is 6.42 Å². The van der Waals surface area contributed by atoms with E-state index in [0.29, 0.717) is 5.11 Å². The van der Waals surface area contributed by atoms with Crippen LogP contribution in [0.3, 0.4) is 0 Å². The van der Waals surface area contributed by atoms with Crippen LogP contribution in [0.15, 0.2) is 30.3 Å². The fourth-order valence-corrected chi connectivity index (χ4v) is 2.78. The lowest BCUT2D eigenvalue weighted by Crippen LogP contribution is -2.18. The van der Waals surface area contributed by atoms with Gasteiger partial charge in [-0.2, -0.15) is 0 Å². The van der Waals surface area contributed by atoms with Crippen LogP contribution < -0.4 is 10.6 Å². The number of nitrogens with zero attached hydrogens (tertiary/aromatic N) is 2. The maximum absolute atomic E-state index is 5.25. The van der Waals surface area contributed by atoms with Crippen LogP contribution >= 0.6 is 23.6 Å². The minimum atomic E-state index is 0.535. The predicted octanol–water partition coefficient (Wildman–Crippen LogP) is 4.08. The third kappa shape index (κ3) is 4.86. The van der Waals surface area contributed by atoms with Crippen LogP contribution in [0.25, 0.3) is 0 Å². The zero-order valence-corrected chi connectivity index (χ0v) is 13.1. The van der Waals surface area contributed by atoms with Crippen LogP contribution in [-0.4, -0.2) is 15.3 Å². The summed E-state index contributed by atoms with van der Waals surface area (Å²) in [7, 11) is 0. The lowest BCUT2D eigenvalue weighted by atomic mass is 10.2. The number of unbranched alkanes of at least 4 members (excludes halogenated alkanes) is 2. The quantitative estimate of drug-likeness (QED) is 0.622. The Bertz CT molecular complexity index is 539. The van der Waals surface area contributed by atoms with Crippen molar-refractivity contribution >= 4 is 39.5 Å². The normalized spacial score (nSPS) is 10.2. The van der Waals surface area contributed by atoms with Crippen molar-refractivity contribution in [2.75, 3.05) is 10.6 Å². The minimum Gasteiger partial charge on any atom is -0.332 e. The molecule has 106 valence electrons. The topological polar surface area (TPSA) is 49.8 Å². The molecule has 2 N–H and O–H groups in total. The molecule has 0 atom stereocenters. The molecule has 20 heavy (non-hydrogen) atoms. The molecular weight excluding hydrogens is 288 g/mol. The van der Waals surface area contributed by atoms with E-state index in [2.05, 4.69) is 27.8 Å². The van der Waals surface area contributed by atoms with Crippen LogP contribution in [0.4, 0.5) is 10.8 Å². The van der Waals surface area contributed by atoms with Gasteiger partial charge in [0.25, 0.3) is 0 Å². The molecule has 1 heterocycles. The highest BCUT2D eigenvalue weighted by Gasteiger charge is 2.05. The maximum Gasteiger partial charge on any atom is 0.211 e. The molecule has 0 aliphatic rings. The summed E-state index contributed by atoms with van der Waals surface area (Å²) in [5.41, 5.74) is 0.956. The van der Waals surface area contributed by atoms with Gasteiger partial charge < -0.3 is 10.6 Å². The third-order valence-corrected chi connectivity index (χ3v) is 3.82. The second-order valence-electron chi connectivity index (χ2n) is 4.40. The van der Waals surface area contributed by atoms with E-state index < -0.39 is 0 Å². The van der Waals surface area contributed by atoms with Gasteiger partial charge in [-0.25, -0.2) is 0 Å². The van der Waals surface area contributed by atoms with E-state index in [1.54, 1.807) is 11.3 Å². The first-order valence-corrected chi connectivity index (χ1v) is 7.96. The number of aryl methyl sites for hydroxylation is 1. The van der Waals surface area contributed by atoms with Gasteiger partial charge in [0, 0.05) is 12.1 Å². The summed E-state index contributed by atoms with van der Waals surface area (Å²) < 4.78 is 0. The van der Waals surface area contributed by atoms with Crippen molar-refractivity contribution in [1.29, 1.82) is 0 Å². The van der Waals surface area contributed by atoms with Gasteiger partial charge in [-0.1, -0.05) is 49.3 Å². The molecule has 0 saturated carbocycles. The summed E-state index contributed by atoms with van der Waals surface area (Å²) >= 11 is 6.81. The fourth-order valence-electron chi connectivity index (χ4n) is 1.71.